The molecule has 2 aromatic rings. The molecule has 1 amide bonds. The van der Waals surface area contributed by atoms with Crippen LogP contribution in [0.2, 0.25) is 5.02 Å². The monoisotopic (exact) mass is 381 g/mol. The molecule has 0 saturated carbocycles. The number of carbonyl (C=O) groups excluding carboxylic acids is 1. The molecule has 0 spiro atoms. The second kappa shape index (κ2) is 8.31. The van der Waals surface area contributed by atoms with Crippen LogP contribution in [0.4, 0.5) is 11.4 Å². The van der Waals surface area contributed by atoms with Crippen molar-refractivity contribution in [3.63, 3.8) is 0 Å². The number of nitrogens with one attached hydrogen (secondary N) is 1. The predicted octanol–water partition coefficient (Wildman–Crippen LogP) is 3.24. The van der Waals surface area contributed by atoms with E-state index in [1.807, 2.05) is 12.1 Å². The van der Waals surface area contributed by atoms with E-state index in [2.05, 4.69) is 10.2 Å². The van der Waals surface area contributed by atoms with Crippen molar-refractivity contribution >= 4 is 28.9 Å². The molecular formula is C19H16ClN5O2. The van der Waals surface area contributed by atoms with E-state index in [0.29, 0.717) is 42.6 Å². The van der Waals surface area contributed by atoms with Crippen LogP contribution in [0.1, 0.15) is 10.6 Å². The van der Waals surface area contributed by atoms with Crippen LogP contribution in [-0.2, 0) is 0 Å². The van der Waals surface area contributed by atoms with E-state index in [0.717, 1.165) is 5.69 Å². The molecule has 1 saturated heterocycles. The quantitative estimate of drug-likeness (QED) is 0.816. The van der Waals surface area contributed by atoms with Gasteiger partial charge in [0.2, 0.25) is 0 Å². The summed E-state index contributed by atoms with van der Waals surface area (Å²) in [4.78, 5) is 16.2. The van der Waals surface area contributed by atoms with Gasteiger partial charge in [-0.3, -0.25) is 4.79 Å². The van der Waals surface area contributed by atoms with Gasteiger partial charge in [-0.25, -0.2) is 0 Å². The number of carbonyl (C=O) groups is 1. The molecule has 0 unspecified atom stereocenters. The van der Waals surface area contributed by atoms with Gasteiger partial charge < -0.3 is 19.5 Å². The SMILES string of the molecule is N#CC(C#N)=CNc1ccc(N2CCN(C(=O)c3ccco3)CC2)c(Cl)c1. The standard InChI is InChI=1S/C19H16ClN5O2/c20-16-10-15(23-13-14(11-21)12-22)3-4-17(16)24-5-7-25(8-6-24)19(26)18-2-1-9-27-18/h1-4,9-10,13,23H,5-8H2. The van der Waals surface area contributed by atoms with E-state index in [-0.39, 0.29) is 11.5 Å². The molecule has 3 rings (SSSR count). The van der Waals surface area contributed by atoms with Gasteiger partial charge in [0.15, 0.2) is 5.76 Å². The zero-order valence-corrected chi connectivity index (χ0v) is 15.1. The minimum absolute atomic E-state index is 0.0208. The third-order valence-electron chi connectivity index (χ3n) is 4.21. The van der Waals surface area contributed by atoms with Gasteiger partial charge in [0.1, 0.15) is 17.7 Å². The first-order valence-corrected chi connectivity index (χ1v) is 8.64. The predicted molar refractivity (Wildman–Crippen MR) is 101 cm³/mol. The average molecular weight is 382 g/mol. The minimum atomic E-state index is -0.108. The van der Waals surface area contributed by atoms with E-state index in [9.17, 15) is 4.79 Å². The Labute approximate surface area is 161 Å². The highest BCUT2D eigenvalue weighted by Crippen LogP contribution is 2.30. The van der Waals surface area contributed by atoms with Gasteiger partial charge in [0, 0.05) is 38.1 Å². The lowest BCUT2D eigenvalue weighted by atomic mass is 10.2. The van der Waals surface area contributed by atoms with E-state index >= 15 is 0 Å². The molecule has 1 aliphatic heterocycles. The molecule has 2 heterocycles. The molecule has 8 heteroatoms. The summed E-state index contributed by atoms with van der Waals surface area (Å²) in [5.41, 5.74) is 1.53. The molecule has 0 aliphatic carbocycles. The molecule has 27 heavy (non-hydrogen) atoms. The van der Waals surface area contributed by atoms with Crippen LogP contribution in [0.25, 0.3) is 0 Å². The molecule has 1 aromatic carbocycles. The van der Waals surface area contributed by atoms with Gasteiger partial charge in [-0.05, 0) is 30.3 Å². The van der Waals surface area contributed by atoms with Crippen molar-refractivity contribution in [3.05, 3.63) is 59.2 Å². The number of piperazine rings is 1. The highest BCUT2D eigenvalue weighted by Gasteiger charge is 2.24. The fourth-order valence-corrected chi connectivity index (χ4v) is 3.10. The van der Waals surface area contributed by atoms with Gasteiger partial charge >= 0.3 is 0 Å². The van der Waals surface area contributed by atoms with Gasteiger partial charge in [0.05, 0.1) is 17.0 Å². The number of furan rings is 1. The lowest BCUT2D eigenvalue weighted by Crippen LogP contribution is -2.48. The second-order valence-electron chi connectivity index (χ2n) is 5.85. The van der Waals surface area contributed by atoms with Crippen molar-refractivity contribution in [2.45, 2.75) is 0 Å². The number of halogens is 1. The molecule has 1 N–H and O–H groups in total. The number of hydrogen-bond acceptors (Lipinski definition) is 6. The summed E-state index contributed by atoms with van der Waals surface area (Å²) < 4.78 is 5.17. The molecule has 0 atom stereocenters. The first kappa shape index (κ1) is 18.4. The number of nitriles is 2. The van der Waals surface area contributed by atoms with Crippen LogP contribution in [0.15, 0.2) is 52.8 Å². The number of benzene rings is 1. The maximum absolute atomic E-state index is 12.3. The third kappa shape index (κ3) is 4.22. The highest BCUT2D eigenvalue weighted by atomic mass is 35.5. The Morgan fingerprint density at radius 2 is 1.93 bits per heavy atom. The van der Waals surface area contributed by atoms with Crippen LogP contribution in [0.3, 0.4) is 0 Å². The maximum atomic E-state index is 12.3. The Morgan fingerprint density at radius 1 is 1.19 bits per heavy atom. The van der Waals surface area contributed by atoms with Crippen LogP contribution in [0.5, 0.6) is 0 Å². The van der Waals surface area contributed by atoms with Gasteiger partial charge in [-0.15, -0.1) is 0 Å². The Kier molecular flexibility index (Phi) is 5.65. The van der Waals surface area contributed by atoms with E-state index in [4.69, 9.17) is 26.5 Å². The molecule has 0 bridgehead atoms. The zero-order chi connectivity index (χ0) is 19.2. The van der Waals surface area contributed by atoms with E-state index in [1.165, 1.54) is 12.5 Å². The first-order valence-electron chi connectivity index (χ1n) is 8.26. The summed E-state index contributed by atoms with van der Waals surface area (Å²) >= 11 is 6.40. The molecule has 0 radical (unpaired) electrons. The Bertz CT molecular complexity index is 916. The van der Waals surface area contributed by atoms with Gasteiger partial charge in [0.25, 0.3) is 5.91 Å². The minimum Gasteiger partial charge on any atom is -0.459 e. The Morgan fingerprint density at radius 3 is 2.52 bits per heavy atom. The number of hydrogen-bond donors (Lipinski definition) is 1. The number of allylic oxidation sites excluding steroid dienone is 1. The molecule has 1 aliphatic rings. The summed E-state index contributed by atoms with van der Waals surface area (Å²) in [6, 6.07) is 12.4. The van der Waals surface area contributed by atoms with Crippen molar-refractivity contribution in [2.75, 3.05) is 36.4 Å². The third-order valence-corrected chi connectivity index (χ3v) is 4.51. The van der Waals surface area contributed by atoms with Crippen LogP contribution < -0.4 is 10.2 Å². The van der Waals surface area contributed by atoms with Crippen LogP contribution in [0, 0.1) is 22.7 Å². The molecule has 1 aromatic heterocycles. The number of amides is 1. The summed E-state index contributed by atoms with van der Waals surface area (Å²) in [5, 5.41) is 20.9. The van der Waals surface area contributed by atoms with Crippen molar-refractivity contribution < 1.29 is 9.21 Å². The molecule has 7 nitrogen and oxygen atoms in total. The van der Waals surface area contributed by atoms with E-state index in [1.54, 1.807) is 35.2 Å². The van der Waals surface area contributed by atoms with Crippen molar-refractivity contribution in [1.29, 1.82) is 10.5 Å². The van der Waals surface area contributed by atoms with Crippen molar-refractivity contribution in [3.8, 4) is 12.1 Å². The highest BCUT2D eigenvalue weighted by molar-refractivity contribution is 6.33. The average Bonchev–Trinajstić information content (AvgIpc) is 3.23. The number of rotatable bonds is 4. The van der Waals surface area contributed by atoms with Crippen LogP contribution in [-0.4, -0.2) is 37.0 Å². The van der Waals surface area contributed by atoms with E-state index < -0.39 is 0 Å². The van der Waals surface area contributed by atoms with Gasteiger partial charge in [-0.2, -0.15) is 10.5 Å². The van der Waals surface area contributed by atoms with Crippen molar-refractivity contribution in [2.24, 2.45) is 0 Å². The lowest BCUT2D eigenvalue weighted by molar-refractivity contribution is 0.0714. The topological polar surface area (TPSA) is 96.3 Å². The van der Waals surface area contributed by atoms with Crippen LogP contribution >= 0.6 is 11.6 Å². The zero-order valence-electron chi connectivity index (χ0n) is 14.4. The Balaban J connectivity index is 1.63. The molecular weight excluding hydrogens is 366 g/mol. The summed E-state index contributed by atoms with van der Waals surface area (Å²) in [6.45, 7) is 2.47. The Hall–Kier alpha value is -3.42. The maximum Gasteiger partial charge on any atom is 0.289 e. The van der Waals surface area contributed by atoms with Gasteiger partial charge in [-0.1, -0.05) is 11.6 Å². The largest absolute Gasteiger partial charge is 0.459 e. The molecule has 136 valence electrons. The smallest absolute Gasteiger partial charge is 0.289 e. The van der Waals surface area contributed by atoms with Crippen molar-refractivity contribution in [1.82, 2.24) is 4.90 Å². The number of anilines is 2. The second-order valence-corrected chi connectivity index (χ2v) is 6.26. The molecule has 1 fully saturated rings. The normalized spacial score (nSPS) is 13.4. The summed E-state index contributed by atoms with van der Waals surface area (Å²) in [5.74, 6) is 0.238. The number of nitrogens with zero attached hydrogens (tertiary/aromatic N) is 4. The lowest BCUT2D eigenvalue weighted by Gasteiger charge is -2.36. The fourth-order valence-electron chi connectivity index (χ4n) is 2.80. The fraction of sp³-hybridized carbons (Fsp3) is 0.211. The first-order chi connectivity index (χ1) is 13.1. The summed E-state index contributed by atoms with van der Waals surface area (Å²) in [7, 11) is 0. The summed E-state index contributed by atoms with van der Waals surface area (Å²) in [6.07, 6.45) is 2.83.